The molecular formula is C18H21NO. The Kier molecular flexibility index (Phi) is 3.45. The number of pyridine rings is 1. The van der Waals surface area contributed by atoms with Crippen LogP contribution in [0.3, 0.4) is 0 Å². The Morgan fingerprint density at radius 1 is 1.20 bits per heavy atom. The summed E-state index contributed by atoms with van der Waals surface area (Å²) in [5.41, 5.74) is 8.69. The number of aryl methyl sites for hydroxylation is 2. The van der Waals surface area contributed by atoms with Gasteiger partial charge in [-0.05, 0) is 49.1 Å². The van der Waals surface area contributed by atoms with Crippen LogP contribution in [0.1, 0.15) is 47.7 Å². The van der Waals surface area contributed by atoms with E-state index in [9.17, 15) is 4.79 Å². The van der Waals surface area contributed by atoms with Crippen molar-refractivity contribution in [3.05, 3.63) is 55.8 Å². The van der Waals surface area contributed by atoms with Gasteiger partial charge in [0.15, 0.2) is 0 Å². The predicted octanol–water partition coefficient (Wildman–Crippen LogP) is 3.28. The summed E-state index contributed by atoms with van der Waals surface area (Å²) in [7, 11) is 0. The van der Waals surface area contributed by atoms with Crippen molar-refractivity contribution >= 4 is 18.2 Å². The summed E-state index contributed by atoms with van der Waals surface area (Å²) in [6, 6.07) is 0. The van der Waals surface area contributed by atoms with Crippen molar-refractivity contribution in [1.29, 1.82) is 0 Å². The Morgan fingerprint density at radius 3 is 2.30 bits per heavy atom. The molecule has 0 fully saturated rings. The zero-order valence-corrected chi connectivity index (χ0v) is 12.9. The molecule has 0 radical (unpaired) electrons. The number of hydrogen-bond acceptors (Lipinski definition) is 1. The second-order valence-electron chi connectivity index (χ2n) is 5.63. The van der Waals surface area contributed by atoms with Gasteiger partial charge in [-0.15, -0.1) is 5.73 Å². The summed E-state index contributed by atoms with van der Waals surface area (Å²) in [5, 5.41) is 0.942. The van der Waals surface area contributed by atoms with E-state index >= 15 is 0 Å². The first-order chi connectivity index (χ1) is 9.32. The molecule has 0 saturated carbocycles. The molecule has 0 bridgehead atoms. The fraction of sp³-hybridized carbons (Fsp3) is 0.333. The van der Waals surface area contributed by atoms with Crippen molar-refractivity contribution in [3.8, 4) is 0 Å². The van der Waals surface area contributed by atoms with Gasteiger partial charge in [0.2, 0.25) is 0 Å². The number of rotatable bonds is 2. The molecule has 2 heterocycles. The zero-order valence-electron chi connectivity index (χ0n) is 12.9. The topological polar surface area (TPSA) is 21.5 Å². The molecule has 0 saturated heterocycles. The lowest BCUT2D eigenvalue weighted by Crippen LogP contribution is -2.28. The maximum Gasteiger partial charge on any atom is 0.259 e. The van der Waals surface area contributed by atoms with Gasteiger partial charge in [0, 0.05) is 16.8 Å². The van der Waals surface area contributed by atoms with Crippen LogP contribution >= 0.6 is 0 Å². The highest BCUT2D eigenvalue weighted by Gasteiger charge is 2.19. The standard InChI is InChI=1S/C18H21NO/c1-8-9-15-13(6)17-12(5)11(4)16(10(2)3)18(20)19(17)14(15)7/h9-10H,1,5H2,2-4,6-7H3. The molecule has 2 nitrogen and oxygen atoms in total. The van der Waals surface area contributed by atoms with Crippen molar-refractivity contribution in [2.45, 2.75) is 40.5 Å². The van der Waals surface area contributed by atoms with Crippen LogP contribution in [0.5, 0.6) is 0 Å². The van der Waals surface area contributed by atoms with Crippen molar-refractivity contribution < 1.29 is 0 Å². The van der Waals surface area contributed by atoms with Crippen molar-refractivity contribution in [1.82, 2.24) is 4.40 Å². The van der Waals surface area contributed by atoms with E-state index in [2.05, 4.69) is 18.9 Å². The Labute approximate surface area is 119 Å². The molecule has 0 N–H and O–H groups in total. The average molecular weight is 267 g/mol. The van der Waals surface area contributed by atoms with Gasteiger partial charge in [0.1, 0.15) is 0 Å². The highest BCUT2D eigenvalue weighted by Crippen LogP contribution is 2.22. The van der Waals surface area contributed by atoms with Gasteiger partial charge < -0.3 is 0 Å². The highest BCUT2D eigenvalue weighted by atomic mass is 16.1. The minimum Gasteiger partial charge on any atom is -0.280 e. The lowest BCUT2D eigenvalue weighted by atomic mass is 9.98. The molecule has 0 aliphatic rings. The van der Waals surface area contributed by atoms with Crippen LogP contribution < -0.4 is 10.8 Å². The van der Waals surface area contributed by atoms with E-state index in [1.165, 1.54) is 0 Å². The molecule has 2 rings (SSSR count). The third kappa shape index (κ3) is 1.76. The van der Waals surface area contributed by atoms with Crippen LogP contribution in [0, 0.1) is 20.8 Å². The molecular weight excluding hydrogens is 246 g/mol. The van der Waals surface area contributed by atoms with Crippen LogP contribution in [0.25, 0.3) is 18.2 Å². The second kappa shape index (κ2) is 4.81. The van der Waals surface area contributed by atoms with Crippen LogP contribution in [0.4, 0.5) is 0 Å². The van der Waals surface area contributed by atoms with Crippen molar-refractivity contribution in [3.63, 3.8) is 0 Å². The van der Waals surface area contributed by atoms with Crippen LogP contribution in [0.15, 0.2) is 17.1 Å². The minimum absolute atomic E-state index is 0.0733. The van der Waals surface area contributed by atoms with Gasteiger partial charge in [-0.25, -0.2) is 0 Å². The van der Waals surface area contributed by atoms with E-state index in [0.29, 0.717) is 0 Å². The van der Waals surface area contributed by atoms with Gasteiger partial charge in [-0.2, -0.15) is 0 Å². The normalized spacial score (nSPS) is 11.1. The first-order valence-corrected chi connectivity index (χ1v) is 6.85. The summed E-state index contributed by atoms with van der Waals surface area (Å²) in [6.07, 6.45) is 1.83. The fourth-order valence-corrected chi connectivity index (χ4v) is 3.09. The monoisotopic (exact) mass is 267 g/mol. The van der Waals surface area contributed by atoms with E-state index in [1.807, 2.05) is 40.7 Å². The number of nitrogens with zero attached hydrogens (tertiary/aromatic N) is 1. The lowest BCUT2D eigenvalue weighted by Gasteiger charge is -2.11. The summed E-state index contributed by atoms with van der Waals surface area (Å²) in [6.45, 7) is 17.9. The second-order valence-corrected chi connectivity index (χ2v) is 5.63. The van der Waals surface area contributed by atoms with Gasteiger partial charge in [-0.1, -0.05) is 27.0 Å². The van der Waals surface area contributed by atoms with E-state index in [4.69, 9.17) is 0 Å². The molecule has 0 aromatic carbocycles. The summed E-state index contributed by atoms with van der Waals surface area (Å²) in [5.74, 6) is 0.188. The third-order valence-corrected chi connectivity index (χ3v) is 4.11. The van der Waals surface area contributed by atoms with Gasteiger partial charge in [0.25, 0.3) is 5.56 Å². The Balaban J connectivity index is 3.19. The molecule has 0 spiro atoms. The smallest absolute Gasteiger partial charge is 0.259 e. The average Bonchev–Trinajstić information content (AvgIpc) is 2.61. The summed E-state index contributed by atoms with van der Waals surface area (Å²) >= 11 is 0. The largest absolute Gasteiger partial charge is 0.280 e. The maximum absolute atomic E-state index is 12.8. The number of hydrogen-bond donors (Lipinski definition) is 0. The Hall–Kier alpha value is -2.05. The molecule has 0 atom stereocenters. The molecule has 2 aromatic rings. The van der Waals surface area contributed by atoms with Crippen molar-refractivity contribution in [2.75, 3.05) is 0 Å². The van der Waals surface area contributed by atoms with Crippen LogP contribution in [-0.4, -0.2) is 4.40 Å². The van der Waals surface area contributed by atoms with Crippen LogP contribution in [-0.2, 0) is 0 Å². The van der Waals surface area contributed by atoms with Crippen LogP contribution in [0.2, 0.25) is 0 Å². The molecule has 0 aliphatic carbocycles. The molecule has 0 aliphatic heterocycles. The molecule has 0 amide bonds. The fourth-order valence-electron chi connectivity index (χ4n) is 3.09. The molecule has 2 heteroatoms. The zero-order chi connectivity index (χ0) is 15.2. The highest BCUT2D eigenvalue weighted by molar-refractivity contribution is 5.72. The van der Waals surface area contributed by atoms with Gasteiger partial charge in [-0.3, -0.25) is 9.20 Å². The van der Waals surface area contributed by atoms with E-state index in [0.717, 1.165) is 38.7 Å². The Morgan fingerprint density at radius 2 is 1.80 bits per heavy atom. The lowest BCUT2D eigenvalue weighted by molar-refractivity contribution is 0.819. The van der Waals surface area contributed by atoms with E-state index < -0.39 is 0 Å². The maximum atomic E-state index is 12.8. The third-order valence-electron chi connectivity index (χ3n) is 4.11. The Bertz CT molecular complexity index is 846. The van der Waals surface area contributed by atoms with E-state index in [-0.39, 0.29) is 11.5 Å². The van der Waals surface area contributed by atoms with Gasteiger partial charge >= 0.3 is 0 Å². The summed E-state index contributed by atoms with van der Waals surface area (Å²) < 4.78 is 1.79. The predicted molar refractivity (Wildman–Crippen MR) is 86.3 cm³/mol. The molecule has 0 unspecified atom stereocenters. The SMILES string of the molecule is C=C=Cc1c(C)c2c(=C)c(C)c(C(C)C)c(=O)n2c1C. The molecule has 104 valence electrons. The molecule has 20 heavy (non-hydrogen) atoms. The molecule has 2 aromatic heterocycles. The first kappa shape index (κ1) is 14.4. The van der Waals surface area contributed by atoms with Gasteiger partial charge in [0.05, 0.1) is 5.52 Å². The number of fused-ring (bicyclic) bond motifs is 1. The first-order valence-electron chi connectivity index (χ1n) is 6.85. The van der Waals surface area contributed by atoms with E-state index in [1.54, 1.807) is 4.40 Å². The quantitative estimate of drug-likeness (QED) is 0.765. The van der Waals surface area contributed by atoms with Crippen molar-refractivity contribution in [2.24, 2.45) is 0 Å². The summed E-state index contributed by atoms with van der Waals surface area (Å²) in [4.78, 5) is 12.8. The number of aromatic nitrogens is 1. The minimum atomic E-state index is 0.0733.